The highest BCUT2D eigenvalue weighted by Gasteiger charge is 2.37. The van der Waals surface area contributed by atoms with Crippen molar-refractivity contribution in [2.75, 3.05) is 28.1 Å². The first-order chi connectivity index (χ1) is 13.2. The van der Waals surface area contributed by atoms with Crippen LogP contribution >= 0.6 is 0 Å². The van der Waals surface area contributed by atoms with Crippen molar-refractivity contribution < 1.29 is 18.9 Å². The van der Waals surface area contributed by atoms with Crippen molar-refractivity contribution in [2.45, 2.75) is 5.60 Å². The summed E-state index contributed by atoms with van der Waals surface area (Å²) in [5.41, 5.74) is 2.15. The molecule has 0 aliphatic carbocycles. The van der Waals surface area contributed by atoms with Crippen LogP contribution in [0.4, 0.5) is 0 Å². The zero-order chi connectivity index (χ0) is 19.1. The van der Waals surface area contributed by atoms with E-state index in [1.54, 1.807) is 21.3 Å². The topological polar surface area (TPSA) is 36.9 Å². The van der Waals surface area contributed by atoms with E-state index in [9.17, 15) is 0 Å². The average Bonchev–Trinajstić information content (AvgIpc) is 2.76. The van der Waals surface area contributed by atoms with Gasteiger partial charge in [0.05, 0.1) is 14.2 Å². The minimum atomic E-state index is -0.824. The van der Waals surface area contributed by atoms with Gasteiger partial charge in [-0.05, 0) is 41.0 Å². The van der Waals surface area contributed by atoms with Gasteiger partial charge in [-0.2, -0.15) is 0 Å². The fraction of sp³-hybridized carbons (Fsp3) is 0.217. The Morgan fingerprint density at radius 2 is 1.04 bits per heavy atom. The molecule has 3 aromatic carbocycles. The Morgan fingerprint density at radius 3 is 1.44 bits per heavy atom. The Hall–Kier alpha value is -2.82. The summed E-state index contributed by atoms with van der Waals surface area (Å²) in [5, 5.41) is 0. The largest absolute Gasteiger partial charge is 0.497 e. The predicted octanol–water partition coefficient (Wildman–Crippen LogP) is 4.62. The lowest BCUT2D eigenvalue weighted by Crippen LogP contribution is -2.33. The fourth-order valence-corrected chi connectivity index (χ4v) is 3.22. The summed E-state index contributed by atoms with van der Waals surface area (Å²) in [6, 6.07) is 26.0. The number of ether oxygens (including phenoxy) is 4. The van der Waals surface area contributed by atoms with Crippen molar-refractivity contribution >= 4 is 0 Å². The lowest BCUT2D eigenvalue weighted by Gasteiger charge is -2.35. The normalized spacial score (nSPS) is 11.2. The highest BCUT2D eigenvalue weighted by atomic mass is 16.7. The Kier molecular flexibility index (Phi) is 6.12. The summed E-state index contributed by atoms with van der Waals surface area (Å²) in [6.45, 7) is 0.146. The van der Waals surface area contributed by atoms with E-state index in [1.165, 1.54) is 0 Å². The Bertz CT molecular complexity index is 779. The molecule has 0 heterocycles. The van der Waals surface area contributed by atoms with Gasteiger partial charge in [0.25, 0.3) is 0 Å². The molecule has 0 N–H and O–H groups in total. The minimum absolute atomic E-state index is 0.146. The highest BCUT2D eigenvalue weighted by Crippen LogP contribution is 2.41. The molecule has 0 aliphatic heterocycles. The van der Waals surface area contributed by atoms with Crippen LogP contribution < -0.4 is 9.47 Å². The van der Waals surface area contributed by atoms with E-state index in [4.69, 9.17) is 18.9 Å². The van der Waals surface area contributed by atoms with Gasteiger partial charge in [-0.1, -0.05) is 54.6 Å². The molecular weight excluding hydrogens is 340 g/mol. The van der Waals surface area contributed by atoms with Gasteiger partial charge in [0.1, 0.15) is 23.9 Å². The molecule has 0 saturated heterocycles. The van der Waals surface area contributed by atoms with Gasteiger partial charge in [0.15, 0.2) is 0 Å². The molecule has 27 heavy (non-hydrogen) atoms. The van der Waals surface area contributed by atoms with Crippen LogP contribution in [-0.4, -0.2) is 28.1 Å². The monoisotopic (exact) mass is 364 g/mol. The van der Waals surface area contributed by atoms with Crippen molar-refractivity contribution in [3.05, 3.63) is 95.6 Å². The smallest absolute Gasteiger partial charge is 0.148 e. The molecule has 0 bridgehead atoms. The van der Waals surface area contributed by atoms with Gasteiger partial charge in [-0.15, -0.1) is 0 Å². The second kappa shape index (κ2) is 8.71. The van der Waals surface area contributed by atoms with Crippen LogP contribution in [0.1, 0.15) is 16.7 Å². The molecule has 0 radical (unpaired) electrons. The van der Waals surface area contributed by atoms with Gasteiger partial charge in [-0.3, -0.25) is 0 Å². The third-order valence-corrected chi connectivity index (χ3v) is 4.57. The van der Waals surface area contributed by atoms with Gasteiger partial charge in [-0.25, -0.2) is 0 Å². The van der Waals surface area contributed by atoms with Crippen molar-refractivity contribution in [3.8, 4) is 11.5 Å². The van der Waals surface area contributed by atoms with Crippen LogP contribution in [0.5, 0.6) is 11.5 Å². The molecule has 0 fully saturated rings. The third kappa shape index (κ3) is 3.82. The maximum Gasteiger partial charge on any atom is 0.148 e. The van der Waals surface area contributed by atoms with E-state index >= 15 is 0 Å². The first-order valence-electron chi connectivity index (χ1n) is 8.72. The Morgan fingerprint density at radius 1 is 0.593 bits per heavy atom. The molecule has 0 aliphatic rings. The Labute approximate surface area is 160 Å². The molecule has 140 valence electrons. The molecule has 0 amide bonds. The number of rotatable bonds is 8. The van der Waals surface area contributed by atoms with Crippen LogP contribution in [0.25, 0.3) is 0 Å². The summed E-state index contributed by atoms with van der Waals surface area (Å²) in [7, 11) is 4.94. The zero-order valence-corrected chi connectivity index (χ0v) is 15.8. The summed E-state index contributed by atoms with van der Waals surface area (Å²) >= 11 is 0. The fourth-order valence-electron chi connectivity index (χ4n) is 3.22. The highest BCUT2D eigenvalue weighted by molar-refractivity contribution is 5.49. The van der Waals surface area contributed by atoms with Crippen molar-refractivity contribution in [1.82, 2.24) is 0 Å². The van der Waals surface area contributed by atoms with Crippen molar-refractivity contribution in [1.29, 1.82) is 0 Å². The first-order valence-corrected chi connectivity index (χ1v) is 8.72. The maximum atomic E-state index is 6.38. The molecule has 4 heteroatoms. The molecule has 0 aromatic heterocycles. The number of methoxy groups -OCH3 is 3. The van der Waals surface area contributed by atoms with Crippen molar-refractivity contribution in [3.63, 3.8) is 0 Å². The lowest BCUT2D eigenvalue weighted by atomic mass is 9.80. The molecule has 3 aromatic rings. The summed E-state index contributed by atoms with van der Waals surface area (Å²) < 4.78 is 22.3. The Balaban J connectivity index is 2.22. The summed E-state index contributed by atoms with van der Waals surface area (Å²) in [5.74, 6) is 1.59. The van der Waals surface area contributed by atoms with Crippen LogP contribution in [0, 0.1) is 0 Å². The predicted molar refractivity (Wildman–Crippen MR) is 105 cm³/mol. The molecule has 0 atom stereocenters. The summed E-state index contributed by atoms with van der Waals surface area (Å²) in [4.78, 5) is 0. The summed E-state index contributed by atoms with van der Waals surface area (Å²) in [6.07, 6.45) is 0. The van der Waals surface area contributed by atoms with Crippen LogP contribution in [0.15, 0.2) is 78.9 Å². The van der Waals surface area contributed by atoms with E-state index in [0.29, 0.717) is 0 Å². The molecule has 0 saturated carbocycles. The van der Waals surface area contributed by atoms with Gasteiger partial charge >= 0.3 is 0 Å². The third-order valence-electron chi connectivity index (χ3n) is 4.57. The van der Waals surface area contributed by atoms with E-state index in [1.807, 2.05) is 66.7 Å². The first kappa shape index (κ1) is 19.0. The maximum absolute atomic E-state index is 6.38. The minimum Gasteiger partial charge on any atom is -0.497 e. The van der Waals surface area contributed by atoms with Crippen LogP contribution in [0.2, 0.25) is 0 Å². The molecule has 0 unspecified atom stereocenters. The number of hydrogen-bond donors (Lipinski definition) is 0. The van der Waals surface area contributed by atoms with Gasteiger partial charge < -0.3 is 18.9 Å². The number of hydrogen-bond acceptors (Lipinski definition) is 4. The van der Waals surface area contributed by atoms with Crippen molar-refractivity contribution in [2.24, 2.45) is 0 Å². The standard InChI is InChI=1S/C23H24O4/c1-24-17-27-23(18-7-5-4-6-8-18,19-9-13-21(25-2)14-10-19)20-11-15-22(26-3)16-12-20/h4-16H,17H2,1-3H3. The zero-order valence-electron chi connectivity index (χ0n) is 15.8. The quantitative estimate of drug-likeness (QED) is 0.432. The molecule has 4 nitrogen and oxygen atoms in total. The van der Waals surface area contributed by atoms with Crippen LogP contribution in [0.3, 0.4) is 0 Å². The number of benzene rings is 3. The van der Waals surface area contributed by atoms with E-state index < -0.39 is 5.60 Å². The van der Waals surface area contributed by atoms with E-state index in [0.717, 1.165) is 28.2 Å². The molecule has 0 spiro atoms. The SMILES string of the molecule is COCOC(c1ccccc1)(c1ccc(OC)cc1)c1ccc(OC)cc1. The second-order valence-corrected chi connectivity index (χ2v) is 6.06. The van der Waals surface area contributed by atoms with Gasteiger partial charge in [0, 0.05) is 7.11 Å². The van der Waals surface area contributed by atoms with E-state index in [-0.39, 0.29) is 6.79 Å². The van der Waals surface area contributed by atoms with Gasteiger partial charge in [0.2, 0.25) is 0 Å². The second-order valence-electron chi connectivity index (χ2n) is 6.06. The molecular formula is C23H24O4. The van der Waals surface area contributed by atoms with E-state index in [2.05, 4.69) is 12.1 Å². The lowest BCUT2D eigenvalue weighted by molar-refractivity contribution is -0.0969. The molecule has 3 rings (SSSR count). The average molecular weight is 364 g/mol. The van der Waals surface area contributed by atoms with Crippen LogP contribution in [-0.2, 0) is 15.1 Å².